The van der Waals surface area contributed by atoms with Crippen LogP contribution in [0.2, 0.25) is 0 Å². The van der Waals surface area contributed by atoms with Crippen LogP contribution in [0.25, 0.3) is 5.69 Å². The van der Waals surface area contributed by atoms with E-state index in [1.165, 1.54) is 6.33 Å². The maximum atomic E-state index is 11.9. The van der Waals surface area contributed by atoms with Gasteiger partial charge in [-0.05, 0) is 52.3 Å². The molecular formula is C17H15BrN4O3. The monoisotopic (exact) mass is 402 g/mol. The fourth-order valence-corrected chi connectivity index (χ4v) is 2.54. The Hall–Kier alpha value is -2.87. The van der Waals surface area contributed by atoms with Gasteiger partial charge in [0.1, 0.15) is 12.1 Å². The molecule has 0 fully saturated rings. The molecule has 3 aromatic rings. The summed E-state index contributed by atoms with van der Waals surface area (Å²) in [5.41, 5.74) is 1.48. The van der Waals surface area contributed by atoms with Gasteiger partial charge in [-0.3, -0.25) is 4.79 Å². The molecule has 0 radical (unpaired) electrons. The van der Waals surface area contributed by atoms with Crippen LogP contribution in [0.3, 0.4) is 0 Å². The first kappa shape index (κ1) is 17.0. The fourth-order valence-electron chi connectivity index (χ4n) is 2.07. The van der Waals surface area contributed by atoms with Crippen molar-refractivity contribution in [1.29, 1.82) is 0 Å². The molecule has 0 saturated carbocycles. The molecule has 7 nitrogen and oxygen atoms in total. The summed E-state index contributed by atoms with van der Waals surface area (Å²) >= 11 is 3.45. The number of carbonyl (C=O) groups excluding carboxylic acids is 1. The molecule has 0 unspecified atom stereocenters. The molecule has 1 heterocycles. The van der Waals surface area contributed by atoms with E-state index >= 15 is 0 Å². The summed E-state index contributed by atoms with van der Waals surface area (Å²) in [6, 6.07) is 14.7. The molecular weight excluding hydrogens is 388 g/mol. The third-order valence-electron chi connectivity index (χ3n) is 3.28. The fraction of sp³-hybridized carbons (Fsp3) is 0.118. The standard InChI is InChI=1S/C17H15BrN4O3/c1-24-13-8-6-12(7-9-13)20-16(23)10-25-17-19-11-22(21-17)15-5-3-2-4-14(15)18/h2-9,11H,10H2,1H3,(H,20,23). The molecule has 3 rings (SSSR count). The summed E-state index contributed by atoms with van der Waals surface area (Å²) in [5, 5.41) is 6.92. The Labute approximate surface area is 152 Å². The van der Waals surface area contributed by atoms with Crippen molar-refractivity contribution in [3.05, 3.63) is 59.3 Å². The zero-order valence-corrected chi connectivity index (χ0v) is 14.9. The predicted molar refractivity (Wildman–Crippen MR) is 96.2 cm³/mol. The van der Waals surface area contributed by atoms with Gasteiger partial charge in [0, 0.05) is 10.2 Å². The van der Waals surface area contributed by atoms with Crippen molar-refractivity contribution in [1.82, 2.24) is 14.8 Å². The maximum absolute atomic E-state index is 11.9. The summed E-state index contributed by atoms with van der Waals surface area (Å²) in [6.45, 7) is -0.188. The Morgan fingerprint density at radius 1 is 1.20 bits per heavy atom. The average Bonchev–Trinajstić information content (AvgIpc) is 3.10. The summed E-state index contributed by atoms with van der Waals surface area (Å²) in [5.74, 6) is 0.415. The van der Waals surface area contributed by atoms with Gasteiger partial charge in [0.05, 0.1) is 12.8 Å². The SMILES string of the molecule is COc1ccc(NC(=O)COc2ncn(-c3ccccc3Br)n2)cc1. The van der Waals surface area contributed by atoms with Crippen molar-refractivity contribution in [2.45, 2.75) is 0 Å². The topological polar surface area (TPSA) is 78.3 Å². The molecule has 1 amide bonds. The van der Waals surface area contributed by atoms with Crippen molar-refractivity contribution in [3.63, 3.8) is 0 Å². The summed E-state index contributed by atoms with van der Waals surface area (Å²) < 4.78 is 12.8. The zero-order valence-electron chi connectivity index (χ0n) is 13.3. The number of rotatable bonds is 6. The molecule has 0 bridgehead atoms. The first-order valence-electron chi connectivity index (χ1n) is 7.39. The van der Waals surface area contributed by atoms with Crippen LogP contribution >= 0.6 is 15.9 Å². The number of hydrogen-bond donors (Lipinski definition) is 1. The smallest absolute Gasteiger partial charge is 0.336 e. The highest BCUT2D eigenvalue weighted by molar-refractivity contribution is 9.10. The van der Waals surface area contributed by atoms with Crippen LogP contribution in [0, 0.1) is 0 Å². The molecule has 0 aliphatic heterocycles. The van der Waals surface area contributed by atoms with Crippen LogP contribution in [0.1, 0.15) is 0 Å². The van der Waals surface area contributed by atoms with Crippen molar-refractivity contribution in [2.75, 3.05) is 19.0 Å². The number of para-hydroxylation sites is 1. The second-order valence-electron chi connectivity index (χ2n) is 4.99. The lowest BCUT2D eigenvalue weighted by Crippen LogP contribution is -2.20. The zero-order chi connectivity index (χ0) is 17.6. The van der Waals surface area contributed by atoms with Crippen LogP contribution in [-0.2, 0) is 4.79 Å². The third kappa shape index (κ3) is 4.36. The van der Waals surface area contributed by atoms with Crippen LogP contribution in [0.5, 0.6) is 11.8 Å². The van der Waals surface area contributed by atoms with E-state index in [9.17, 15) is 4.79 Å². The molecule has 0 aliphatic carbocycles. The van der Waals surface area contributed by atoms with E-state index in [-0.39, 0.29) is 18.5 Å². The number of methoxy groups -OCH3 is 1. The first-order valence-corrected chi connectivity index (χ1v) is 8.18. The number of aromatic nitrogens is 3. The lowest BCUT2D eigenvalue weighted by Gasteiger charge is -2.06. The minimum atomic E-state index is -0.303. The molecule has 25 heavy (non-hydrogen) atoms. The van der Waals surface area contributed by atoms with Gasteiger partial charge in [-0.2, -0.15) is 4.98 Å². The van der Waals surface area contributed by atoms with Gasteiger partial charge in [0.25, 0.3) is 5.91 Å². The minimum Gasteiger partial charge on any atom is -0.497 e. The largest absolute Gasteiger partial charge is 0.497 e. The average molecular weight is 403 g/mol. The number of anilines is 1. The van der Waals surface area contributed by atoms with Crippen molar-refractivity contribution >= 4 is 27.5 Å². The predicted octanol–water partition coefficient (Wildman–Crippen LogP) is 3.06. The Bertz CT molecular complexity index is 864. The Morgan fingerprint density at radius 3 is 2.68 bits per heavy atom. The highest BCUT2D eigenvalue weighted by atomic mass is 79.9. The second kappa shape index (κ2) is 7.80. The number of nitrogens with zero attached hydrogens (tertiary/aromatic N) is 3. The lowest BCUT2D eigenvalue weighted by atomic mass is 10.3. The molecule has 1 N–H and O–H groups in total. The third-order valence-corrected chi connectivity index (χ3v) is 3.95. The lowest BCUT2D eigenvalue weighted by molar-refractivity contribution is -0.118. The van der Waals surface area contributed by atoms with E-state index in [4.69, 9.17) is 9.47 Å². The quantitative estimate of drug-likeness (QED) is 0.685. The molecule has 0 spiro atoms. The van der Waals surface area contributed by atoms with E-state index < -0.39 is 0 Å². The van der Waals surface area contributed by atoms with Gasteiger partial charge in [-0.1, -0.05) is 12.1 Å². The van der Waals surface area contributed by atoms with Gasteiger partial charge in [-0.25, -0.2) is 4.68 Å². The second-order valence-corrected chi connectivity index (χ2v) is 5.84. The molecule has 2 aromatic carbocycles. The Kier molecular flexibility index (Phi) is 5.30. The van der Waals surface area contributed by atoms with Crippen molar-refractivity contribution < 1.29 is 14.3 Å². The molecule has 0 aliphatic rings. The normalized spacial score (nSPS) is 10.3. The van der Waals surface area contributed by atoms with E-state index in [0.29, 0.717) is 5.69 Å². The molecule has 8 heteroatoms. The van der Waals surface area contributed by atoms with E-state index in [2.05, 4.69) is 31.3 Å². The number of nitrogens with one attached hydrogen (secondary N) is 1. The van der Waals surface area contributed by atoms with Gasteiger partial charge in [0.15, 0.2) is 6.61 Å². The molecule has 1 aromatic heterocycles. The first-order chi connectivity index (χ1) is 12.2. The van der Waals surface area contributed by atoms with Crippen molar-refractivity contribution in [2.24, 2.45) is 0 Å². The number of hydrogen-bond acceptors (Lipinski definition) is 5. The number of ether oxygens (including phenoxy) is 2. The highest BCUT2D eigenvalue weighted by Gasteiger charge is 2.09. The maximum Gasteiger partial charge on any atom is 0.336 e. The minimum absolute atomic E-state index is 0.126. The van der Waals surface area contributed by atoms with E-state index in [1.54, 1.807) is 36.1 Å². The molecule has 0 saturated heterocycles. The number of halogens is 1. The van der Waals surface area contributed by atoms with Gasteiger partial charge >= 0.3 is 6.01 Å². The summed E-state index contributed by atoms with van der Waals surface area (Å²) in [4.78, 5) is 16.0. The van der Waals surface area contributed by atoms with Crippen LogP contribution < -0.4 is 14.8 Å². The molecule has 0 atom stereocenters. The van der Waals surface area contributed by atoms with E-state index in [1.807, 2.05) is 24.3 Å². The van der Waals surface area contributed by atoms with Crippen molar-refractivity contribution in [3.8, 4) is 17.4 Å². The van der Waals surface area contributed by atoms with Gasteiger partial charge < -0.3 is 14.8 Å². The van der Waals surface area contributed by atoms with Gasteiger partial charge in [0.2, 0.25) is 0 Å². The van der Waals surface area contributed by atoms with Crippen LogP contribution in [-0.4, -0.2) is 34.4 Å². The van der Waals surface area contributed by atoms with Gasteiger partial charge in [-0.15, -0.1) is 5.10 Å². The van der Waals surface area contributed by atoms with Crippen LogP contribution in [0.4, 0.5) is 5.69 Å². The Balaban J connectivity index is 1.56. The summed E-state index contributed by atoms with van der Waals surface area (Å²) in [7, 11) is 1.58. The van der Waals surface area contributed by atoms with Crippen LogP contribution in [0.15, 0.2) is 59.3 Å². The highest BCUT2D eigenvalue weighted by Crippen LogP contribution is 2.20. The van der Waals surface area contributed by atoms with E-state index in [0.717, 1.165) is 15.9 Å². The number of benzene rings is 2. The summed E-state index contributed by atoms with van der Waals surface area (Å²) in [6.07, 6.45) is 1.52. The number of amides is 1. The Morgan fingerprint density at radius 2 is 1.96 bits per heavy atom. The number of carbonyl (C=O) groups is 1. The molecule has 128 valence electrons.